The maximum absolute atomic E-state index is 12.2. The average molecular weight is 290 g/mol. The predicted molar refractivity (Wildman–Crippen MR) is 74.3 cm³/mol. The van der Waals surface area contributed by atoms with Crippen LogP contribution in [0.3, 0.4) is 0 Å². The van der Waals surface area contributed by atoms with Crippen LogP contribution >= 0.6 is 11.3 Å². The van der Waals surface area contributed by atoms with Crippen molar-refractivity contribution < 1.29 is 4.79 Å². The van der Waals surface area contributed by atoms with Gasteiger partial charge in [0, 0.05) is 31.9 Å². The molecule has 0 unspecified atom stereocenters. The monoisotopic (exact) mass is 290 g/mol. The lowest BCUT2D eigenvalue weighted by Crippen LogP contribution is -2.29. The molecule has 0 bridgehead atoms. The first kappa shape index (κ1) is 12.8. The second kappa shape index (κ2) is 5.04. The first-order valence-electron chi connectivity index (χ1n) is 6.11. The third-order valence-corrected chi connectivity index (χ3v) is 3.86. The van der Waals surface area contributed by atoms with Crippen LogP contribution in [0.1, 0.15) is 11.5 Å². The maximum Gasteiger partial charge on any atom is 0.228 e. The second-order valence-corrected chi connectivity index (χ2v) is 5.48. The summed E-state index contributed by atoms with van der Waals surface area (Å²) in [6.07, 6.45) is 5.74. The number of hydrogen-bond acceptors (Lipinski definition) is 5. The highest BCUT2D eigenvalue weighted by Gasteiger charge is 2.14. The zero-order valence-corrected chi connectivity index (χ0v) is 12.0. The van der Waals surface area contributed by atoms with Gasteiger partial charge in [0.05, 0.1) is 18.7 Å². The minimum Gasteiger partial charge on any atom is -0.338 e. The third kappa shape index (κ3) is 2.42. The van der Waals surface area contributed by atoms with Crippen molar-refractivity contribution in [1.29, 1.82) is 0 Å². The van der Waals surface area contributed by atoms with E-state index in [0.29, 0.717) is 13.0 Å². The smallest absolute Gasteiger partial charge is 0.228 e. The summed E-state index contributed by atoms with van der Waals surface area (Å²) < 4.78 is 3.73. The Balaban J connectivity index is 1.66. The summed E-state index contributed by atoms with van der Waals surface area (Å²) in [5, 5.41) is 9.74. The summed E-state index contributed by atoms with van der Waals surface area (Å²) in [4.78, 5) is 19.1. The van der Waals surface area contributed by atoms with Gasteiger partial charge < -0.3 is 9.47 Å². The molecule has 0 N–H and O–H groups in total. The highest BCUT2D eigenvalue weighted by molar-refractivity contribution is 7.15. The molecule has 0 spiro atoms. The number of fused-ring (bicyclic) bond motifs is 1. The van der Waals surface area contributed by atoms with E-state index in [4.69, 9.17) is 0 Å². The Morgan fingerprint density at radius 1 is 1.50 bits per heavy atom. The van der Waals surface area contributed by atoms with E-state index >= 15 is 0 Å². The van der Waals surface area contributed by atoms with Crippen LogP contribution in [-0.2, 0) is 24.8 Å². The Labute approximate surface area is 119 Å². The normalized spacial score (nSPS) is 11.1. The van der Waals surface area contributed by atoms with Crippen LogP contribution in [0, 0.1) is 0 Å². The topological polar surface area (TPSA) is 68.3 Å². The van der Waals surface area contributed by atoms with E-state index in [0.717, 1.165) is 16.5 Å². The molecule has 0 aromatic carbocycles. The zero-order chi connectivity index (χ0) is 14.1. The van der Waals surface area contributed by atoms with Gasteiger partial charge in [0.15, 0.2) is 10.8 Å². The average Bonchev–Trinajstić information content (AvgIpc) is 3.06. The van der Waals surface area contributed by atoms with Crippen LogP contribution in [0.15, 0.2) is 24.1 Å². The molecular weight excluding hydrogens is 276 g/mol. The van der Waals surface area contributed by atoms with E-state index < -0.39 is 0 Å². The van der Waals surface area contributed by atoms with E-state index in [-0.39, 0.29) is 5.91 Å². The Morgan fingerprint density at radius 3 is 3.05 bits per heavy atom. The minimum atomic E-state index is 0.0127. The molecule has 0 saturated heterocycles. The lowest BCUT2D eigenvalue weighted by molar-refractivity contribution is -0.129. The number of nitrogens with zero attached hydrogens (tertiary/aromatic N) is 6. The fraction of sp³-hybridized carbons (Fsp3) is 0.333. The van der Waals surface area contributed by atoms with Crippen LogP contribution in [0.4, 0.5) is 0 Å². The largest absolute Gasteiger partial charge is 0.338 e. The van der Waals surface area contributed by atoms with Crippen LogP contribution < -0.4 is 0 Å². The molecule has 8 heteroatoms. The Bertz CT molecular complexity index is 713. The van der Waals surface area contributed by atoms with Gasteiger partial charge in [0.25, 0.3) is 0 Å². The molecule has 3 aromatic rings. The van der Waals surface area contributed by atoms with Gasteiger partial charge in [-0.3, -0.25) is 9.20 Å². The standard InChI is InChI=1S/C12H14N6OS/c1-16(7-10-15-13-8-17(10)2)11(19)5-9-6-18-3-4-20-12(18)14-9/h3-4,6,8H,5,7H2,1-2H3. The number of likely N-dealkylation sites (N-methyl/N-ethyl adjacent to an activating group) is 1. The fourth-order valence-electron chi connectivity index (χ4n) is 1.90. The van der Waals surface area contributed by atoms with Gasteiger partial charge in [-0.1, -0.05) is 0 Å². The van der Waals surface area contributed by atoms with E-state index in [1.807, 2.05) is 29.2 Å². The molecule has 3 aromatic heterocycles. The quantitative estimate of drug-likeness (QED) is 0.710. The maximum atomic E-state index is 12.2. The minimum absolute atomic E-state index is 0.0127. The number of thiazole rings is 1. The first-order chi connectivity index (χ1) is 9.63. The molecule has 0 atom stereocenters. The van der Waals surface area contributed by atoms with E-state index in [1.165, 1.54) is 0 Å². The fourth-order valence-corrected chi connectivity index (χ4v) is 2.62. The summed E-state index contributed by atoms with van der Waals surface area (Å²) in [5.41, 5.74) is 0.784. The summed E-state index contributed by atoms with van der Waals surface area (Å²) in [7, 11) is 3.62. The zero-order valence-electron chi connectivity index (χ0n) is 11.2. The van der Waals surface area contributed by atoms with Gasteiger partial charge in [0.1, 0.15) is 6.33 Å². The highest BCUT2D eigenvalue weighted by atomic mass is 32.1. The van der Waals surface area contributed by atoms with Crippen molar-refractivity contribution in [3.8, 4) is 0 Å². The first-order valence-corrected chi connectivity index (χ1v) is 6.99. The summed E-state index contributed by atoms with van der Waals surface area (Å²) >= 11 is 1.55. The van der Waals surface area contributed by atoms with Crippen molar-refractivity contribution in [3.05, 3.63) is 35.6 Å². The van der Waals surface area contributed by atoms with Gasteiger partial charge in [-0.25, -0.2) is 4.98 Å². The van der Waals surface area contributed by atoms with E-state index in [2.05, 4.69) is 15.2 Å². The van der Waals surface area contributed by atoms with Crippen LogP contribution in [0.5, 0.6) is 0 Å². The number of rotatable bonds is 4. The molecule has 0 radical (unpaired) electrons. The highest BCUT2D eigenvalue weighted by Crippen LogP contribution is 2.12. The summed E-state index contributed by atoms with van der Waals surface area (Å²) in [5.74, 6) is 0.769. The number of amides is 1. The lowest BCUT2D eigenvalue weighted by atomic mass is 10.3. The van der Waals surface area contributed by atoms with E-state index in [1.54, 1.807) is 34.2 Å². The van der Waals surface area contributed by atoms with Crippen LogP contribution in [-0.4, -0.2) is 42.0 Å². The molecule has 104 valence electrons. The number of aryl methyl sites for hydroxylation is 1. The number of carbonyl (C=O) groups is 1. The molecule has 3 rings (SSSR count). The molecule has 0 fully saturated rings. The number of imidazole rings is 1. The Hall–Kier alpha value is -2.22. The molecule has 20 heavy (non-hydrogen) atoms. The molecule has 0 aliphatic carbocycles. The van der Waals surface area contributed by atoms with Gasteiger partial charge in [0.2, 0.25) is 5.91 Å². The summed E-state index contributed by atoms with van der Waals surface area (Å²) in [6.45, 7) is 0.442. The molecular formula is C12H14N6OS. The van der Waals surface area contributed by atoms with Crippen molar-refractivity contribution >= 4 is 22.2 Å². The number of carbonyl (C=O) groups excluding carboxylic acids is 1. The van der Waals surface area contributed by atoms with Crippen molar-refractivity contribution in [2.75, 3.05) is 7.05 Å². The van der Waals surface area contributed by atoms with Crippen molar-refractivity contribution in [2.24, 2.45) is 7.05 Å². The van der Waals surface area contributed by atoms with Gasteiger partial charge in [-0.2, -0.15) is 0 Å². The van der Waals surface area contributed by atoms with Crippen molar-refractivity contribution in [3.63, 3.8) is 0 Å². The number of hydrogen-bond donors (Lipinski definition) is 0. The second-order valence-electron chi connectivity index (χ2n) is 4.61. The SMILES string of the molecule is CN(Cc1nncn1C)C(=O)Cc1cn2ccsc2n1. The summed E-state index contributed by atoms with van der Waals surface area (Å²) in [6, 6.07) is 0. The molecule has 0 saturated carbocycles. The van der Waals surface area contributed by atoms with E-state index in [9.17, 15) is 4.79 Å². The Morgan fingerprint density at radius 2 is 2.35 bits per heavy atom. The number of aromatic nitrogens is 5. The Kier molecular flexibility index (Phi) is 3.23. The van der Waals surface area contributed by atoms with Crippen molar-refractivity contribution in [1.82, 2.24) is 29.0 Å². The molecule has 7 nitrogen and oxygen atoms in total. The van der Waals surface area contributed by atoms with Gasteiger partial charge in [-0.05, 0) is 0 Å². The van der Waals surface area contributed by atoms with Gasteiger partial charge >= 0.3 is 0 Å². The van der Waals surface area contributed by atoms with Crippen molar-refractivity contribution in [2.45, 2.75) is 13.0 Å². The molecule has 1 amide bonds. The third-order valence-electron chi connectivity index (χ3n) is 3.08. The molecule has 0 aliphatic rings. The predicted octanol–water partition coefficient (Wildman–Crippen LogP) is 0.725. The lowest BCUT2D eigenvalue weighted by Gasteiger charge is -2.15. The molecule has 3 heterocycles. The van der Waals surface area contributed by atoms with Crippen LogP contribution in [0.2, 0.25) is 0 Å². The van der Waals surface area contributed by atoms with Gasteiger partial charge in [-0.15, -0.1) is 21.5 Å². The van der Waals surface area contributed by atoms with Crippen LogP contribution in [0.25, 0.3) is 4.96 Å². The molecule has 0 aliphatic heterocycles.